The number of carbonyl (C=O) groups is 2. The predicted molar refractivity (Wildman–Crippen MR) is 71.8 cm³/mol. The van der Waals surface area contributed by atoms with Gasteiger partial charge in [0.05, 0.1) is 11.7 Å². The Morgan fingerprint density at radius 1 is 1.35 bits per heavy atom. The fraction of sp³-hybridized carbons (Fsp3) is 0.429. The number of allylic oxidation sites excluding steroid dienone is 1. The molecule has 0 radical (unpaired) electrons. The lowest BCUT2D eigenvalue weighted by Crippen LogP contribution is -2.45. The highest BCUT2D eigenvalue weighted by Crippen LogP contribution is 2.29. The molecule has 0 bridgehead atoms. The summed E-state index contributed by atoms with van der Waals surface area (Å²) >= 11 is 0. The van der Waals surface area contributed by atoms with Crippen molar-refractivity contribution in [3.63, 3.8) is 0 Å². The number of esters is 1. The Morgan fingerprint density at radius 3 is 2.60 bits per heavy atom. The zero-order valence-electron chi connectivity index (χ0n) is 11.9. The molecule has 6 heteroatoms. The van der Waals surface area contributed by atoms with Crippen LogP contribution in [0.15, 0.2) is 27.8 Å². The molecule has 0 saturated heterocycles. The van der Waals surface area contributed by atoms with Crippen molar-refractivity contribution in [2.75, 3.05) is 0 Å². The molecule has 1 aliphatic heterocycles. The van der Waals surface area contributed by atoms with Crippen LogP contribution in [-0.4, -0.2) is 18.1 Å². The van der Waals surface area contributed by atoms with E-state index in [2.05, 4.69) is 10.6 Å². The van der Waals surface area contributed by atoms with Crippen molar-refractivity contribution in [1.82, 2.24) is 10.6 Å². The molecule has 0 aliphatic carbocycles. The van der Waals surface area contributed by atoms with Gasteiger partial charge < -0.3 is 19.8 Å². The summed E-state index contributed by atoms with van der Waals surface area (Å²) in [6.45, 7) is 7.01. The van der Waals surface area contributed by atoms with Crippen LogP contribution in [0.5, 0.6) is 0 Å². The van der Waals surface area contributed by atoms with Gasteiger partial charge in [-0.2, -0.15) is 0 Å². The Bertz CT molecular complexity index is 571. The van der Waals surface area contributed by atoms with Gasteiger partial charge in [0.25, 0.3) is 0 Å². The van der Waals surface area contributed by atoms with Gasteiger partial charge in [-0.05, 0) is 39.8 Å². The zero-order valence-corrected chi connectivity index (χ0v) is 11.9. The summed E-state index contributed by atoms with van der Waals surface area (Å²) in [7, 11) is 0. The van der Waals surface area contributed by atoms with Crippen LogP contribution in [0.25, 0.3) is 0 Å². The molecule has 6 nitrogen and oxygen atoms in total. The van der Waals surface area contributed by atoms with Crippen molar-refractivity contribution in [2.24, 2.45) is 0 Å². The van der Waals surface area contributed by atoms with E-state index in [1.165, 1.54) is 0 Å². The fourth-order valence-corrected chi connectivity index (χ4v) is 2.06. The average Bonchev–Trinajstić information content (AvgIpc) is 2.73. The summed E-state index contributed by atoms with van der Waals surface area (Å²) in [6.07, 6.45) is -0.237. The number of ether oxygens (including phenoxy) is 1. The first-order chi connectivity index (χ1) is 9.38. The van der Waals surface area contributed by atoms with Gasteiger partial charge in [-0.15, -0.1) is 0 Å². The van der Waals surface area contributed by atoms with Gasteiger partial charge in [-0.25, -0.2) is 9.59 Å². The number of hydrogen-bond acceptors (Lipinski definition) is 4. The highest BCUT2D eigenvalue weighted by molar-refractivity contribution is 5.94. The Hall–Kier alpha value is -2.24. The lowest BCUT2D eigenvalue weighted by molar-refractivity contribution is -0.143. The van der Waals surface area contributed by atoms with Crippen molar-refractivity contribution in [3.05, 3.63) is 34.9 Å². The van der Waals surface area contributed by atoms with Crippen LogP contribution < -0.4 is 10.6 Å². The molecule has 2 rings (SSSR count). The summed E-state index contributed by atoms with van der Waals surface area (Å²) in [5.41, 5.74) is 0.825. The second-order valence-corrected chi connectivity index (χ2v) is 4.97. The van der Waals surface area contributed by atoms with Gasteiger partial charge >= 0.3 is 12.0 Å². The average molecular weight is 278 g/mol. The molecule has 20 heavy (non-hydrogen) atoms. The van der Waals surface area contributed by atoms with Crippen molar-refractivity contribution < 1.29 is 18.7 Å². The van der Waals surface area contributed by atoms with Crippen LogP contribution in [0, 0.1) is 6.92 Å². The van der Waals surface area contributed by atoms with E-state index in [-0.39, 0.29) is 12.1 Å². The number of carbonyl (C=O) groups excluding carboxylic acids is 2. The summed E-state index contributed by atoms with van der Waals surface area (Å²) in [5, 5.41) is 5.26. The van der Waals surface area contributed by atoms with Crippen molar-refractivity contribution in [2.45, 2.75) is 39.8 Å². The molecular formula is C14H18N2O4. The number of aryl methyl sites for hydroxylation is 1. The second kappa shape index (κ2) is 5.40. The molecule has 1 aromatic rings. The van der Waals surface area contributed by atoms with E-state index in [9.17, 15) is 9.59 Å². The Labute approximate surface area is 117 Å². The van der Waals surface area contributed by atoms with E-state index in [0.717, 1.165) is 0 Å². The van der Waals surface area contributed by atoms with Crippen LogP contribution in [0.4, 0.5) is 4.79 Å². The van der Waals surface area contributed by atoms with E-state index < -0.39 is 12.0 Å². The van der Waals surface area contributed by atoms with E-state index in [1.807, 2.05) is 0 Å². The molecule has 0 unspecified atom stereocenters. The molecule has 0 fully saturated rings. The van der Waals surface area contributed by atoms with Crippen LogP contribution in [0.1, 0.15) is 38.3 Å². The van der Waals surface area contributed by atoms with Gasteiger partial charge in [-0.3, -0.25) is 0 Å². The minimum absolute atomic E-state index is 0.237. The maximum Gasteiger partial charge on any atom is 0.338 e. The lowest BCUT2D eigenvalue weighted by atomic mass is 10.0. The molecule has 2 heterocycles. The molecule has 108 valence electrons. The Balaban J connectivity index is 2.39. The first kappa shape index (κ1) is 14.2. The normalized spacial score (nSPS) is 18.9. The Kier molecular flexibility index (Phi) is 3.83. The Morgan fingerprint density at radius 2 is 2.05 bits per heavy atom. The minimum Gasteiger partial charge on any atom is -0.464 e. The highest BCUT2D eigenvalue weighted by atomic mass is 16.5. The largest absolute Gasteiger partial charge is 0.464 e. The first-order valence-corrected chi connectivity index (χ1v) is 6.44. The SMILES string of the molecule is CC1=C(C(=O)OC(C)C)[C@H](c2ccc(C)o2)NC(=O)N1. The van der Waals surface area contributed by atoms with Crippen molar-refractivity contribution >= 4 is 12.0 Å². The maximum atomic E-state index is 12.2. The summed E-state index contributed by atoms with van der Waals surface area (Å²) in [5.74, 6) is 0.749. The molecule has 0 aromatic carbocycles. The standard InChI is InChI=1S/C14H18N2O4/c1-7(2)19-13(17)11-9(4)15-14(18)16-12(11)10-6-5-8(3)20-10/h5-7,12H,1-4H3,(H2,15,16,18)/t12-/m0/s1. The van der Waals surface area contributed by atoms with E-state index in [4.69, 9.17) is 9.15 Å². The van der Waals surface area contributed by atoms with E-state index >= 15 is 0 Å². The molecule has 2 N–H and O–H groups in total. The lowest BCUT2D eigenvalue weighted by Gasteiger charge is -2.26. The quantitative estimate of drug-likeness (QED) is 0.830. The third-order valence-corrected chi connectivity index (χ3v) is 2.88. The summed E-state index contributed by atoms with van der Waals surface area (Å²) in [4.78, 5) is 23.8. The molecular weight excluding hydrogens is 260 g/mol. The minimum atomic E-state index is -0.635. The predicted octanol–water partition coefficient (Wildman–Crippen LogP) is 2.17. The molecule has 0 spiro atoms. The third kappa shape index (κ3) is 2.84. The van der Waals surface area contributed by atoms with E-state index in [1.54, 1.807) is 39.8 Å². The highest BCUT2D eigenvalue weighted by Gasteiger charge is 2.34. The molecule has 1 aliphatic rings. The molecule has 1 atom stereocenters. The van der Waals surface area contributed by atoms with Crippen molar-refractivity contribution in [3.8, 4) is 0 Å². The zero-order chi connectivity index (χ0) is 14.9. The number of nitrogens with one attached hydrogen (secondary N) is 2. The van der Waals surface area contributed by atoms with Gasteiger partial charge in [0.2, 0.25) is 0 Å². The van der Waals surface area contributed by atoms with E-state index in [0.29, 0.717) is 22.8 Å². The summed E-state index contributed by atoms with van der Waals surface area (Å²) in [6, 6.07) is 2.51. The number of rotatable bonds is 3. The van der Waals surface area contributed by atoms with Crippen LogP contribution in [0.3, 0.4) is 0 Å². The number of urea groups is 1. The molecule has 1 aromatic heterocycles. The maximum absolute atomic E-state index is 12.2. The van der Waals surface area contributed by atoms with Crippen LogP contribution in [0.2, 0.25) is 0 Å². The second-order valence-electron chi connectivity index (χ2n) is 4.97. The first-order valence-electron chi connectivity index (χ1n) is 6.44. The van der Waals surface area contributed by atoms with Crippen molar-refractivity contribution in [1.29, 1.82) is 0 Å². The number of amides is 2. The summed E-state index contributed by atoms with van der Waals surface area (Å²) < 4.78 is 10.7. The fourth-order valence-electron chi connectivity index (χ4n) is 2.06. The number of furan rings is 1. The number of hydrogen-bond donors (Lipinski definition) is 2. The van der Waals surface area contributed by atoms with Gasteiger partial charge in [0.15, 0.2) is 0 Å². The van der Waals surface area contributed by atoms with Gasteiger partial charge in [0, 0.05) is 5.70 Å². The molecule has 0 saturated carbocycles. The monoisotopic (exact) mass is 278 g/mol. The topological polar surface area (TPSA) is 80.6 Å². The van der Waals surface area contributed by atoms with Crippen LogP contribution in [-0.2, 0) is 9.53 Å². The molecule has 2 amide bonds. The van der Waals surface area contributed by atoms with Gasteiger partial charge in [0.1, 0.15) is 17.6 Å². The van der Waals surface area contributed by atoms with Gasteiger partial charge in [-0.1, -0.05) is 0 Å². The smallest absolute Gasteiger partial charge is 0.338 e. The van der Waals surface area contributed by atoms with Crippen LogP contribution >= 0.6 is 0 Å². The third-order valence-electron chi connectivity index (χ3n) is 2.88.